The first kappa shape index (κ1) is 16.6. The SMILES string of the molecule is NC(=NN=Cc1c(F)cc(F)cc1Br)SCc1ccccc1. The van der Waals surface area contributed by atoms with E-state index < -0.39 is 11.6 Å². The van der Waals surface area contributed by atoms with Crippen LogP contribution >= 0.6 is 27.7 Å². The molecule has 2 aromatic rings. The highest BCUT2D eigenvalue weighted by Gasteiger charge is 2.07. The zero-order valence-corrected chi connectivity index (χ0v) is 13.7. The van der Waals surface area contributed by atoms with E-state index in [1.165, 1.54) is 18.0 Å². The van der Waals surface area contributed by atoms with Gasteiger partial charge in [-0.25, -0.2) is 8.78 Å². The van der Waals surface area contributed by atoms with Gasteiger partial charge in [0.15, 0.2) is 5.17 Å². The summed E-state index contributed by atoms with van der Waals surface area (Å²) in [6, 6.07) is 11.7. The van der Waals surface area contributed by atoms with Crippen molar-refractivity contribution in [1.29, 1.82) is 0 Å². The van der Waals surface area contributed by atoms with Gasteiger partial charge in [-0.3, -0.25) is 0 Å². The third kappa shape index (κ3) is 4.92. The van der Waals surface area contributed by atoms with Crippen molar-refractivity contribution in [3.63, 3.8) is 0 Å². The monoisotopic (exact) mass is 383 g/mol. The van der Waals surface area contributed by atoms with Crippen LogP contribution in [0.4, 0.5) is 8.78 Å². The first-order valence-corrected chi connectivity index (χ1v) is 8.02. The molecule has 0 atom stereocenters. The first-order valence-electron chi connectivity index (χ1n) is 6.24. The van der Waals surface area contributed by atoms with Crippen molar-refractivity contribution in [3.05, 3.63) is 69.7 Å². The highest BCUT2D eigenvalue weighted by atomic mass is 79.9. The summed E-state index contributed by atoms with van der Waals surface area (Å²) in [4.78, 5) is 0. The van der Waals surface area contributed by atoms with E-state index in [9.17, 15) is 8.78 Å². The van der Waals surface area contributed by atoms with Crippen LogP contribution in [0, 0.1) is 11.6 Å². The van der Waals surface area contributed by atoms with E-state index in [1.807, 2.05) is 30.3 Å². The summed E-state index contributed by atoms with van der Waals surface area (Å²) in [6.45, 7) is 0. The summed E-state index contributed by atoms with van der Waals surface area (Å²) >= 11 is 4.39. The lowest BCUT2D eigenvalue weighted by atomic mass is 10.2. The Morgan fingerprint density at radius 2 is 1.95 bits per heavy atom. The highest BCUT2D eigenvalue weighted by Crippen LogP contribution is 2.20. The molecule has 0 unspecified atom stereocenters. The fourth-order valence-corrected chi connectivity index (χ4v) is 2.70. The Kier molecular flexibility index (Phi) is 6.09. The molecule has 0 fully saturated rings. The number of rotatable bonds is 4. The molecule has 114 valence electrons. The van der Waals surface area contributed by atoms with Crippen molar-refractivity contribution in [3.8, 4) is 0 Å². The summed E-state index contributed by atoms with van der Waals surface area (Å²) in [5.74, 6) is -0.718. The van der Waals surface area contributed by atoms with E-state index in [0.29, 0.717) is 5.75 Å². The average molecular weight is 384 g/mol. The first-order chi connectivity index (χ1) is 10.6. The summed E-state index contributed by atoms with van der Waals surface area (Å²) in [6.07, 6.45) is 1.19. The molecule has 3 nitrogen and oxygen atoms in total. The summed E-state index contributed by atoms with van der Waals surface area (Å²) in [5, 5.41) is 7.78. The van der Waals surface area contributed by atoms with Crippen LogP contribution in [-0.4, -0.2) is 11.4 Å². The predicted octanol–water partition coefficient (Wildman–Crippen LogP) is 4.31. The van der Waals surface area contributed by atoms with Gasteiger partial charge in [0.2, 0.25) is 0 Å². The van der Waals surface area contributed by atoms with E-state index in [-0.39, 0.29) is 15.2 Å². The highest BCUT2D eigenvalue weighted by molar-refractivity contribution is 9.10. The second kappa shape index (κ2) is 8.05. The van der Waals surface area contributed by atoms with E-state index in [1.54, 1.807) is 0 Å². The van der Waals surface area contributed by atoms with Crippen molar-refractivity contribution < 1.29 is 8.78 Å². The molecule has 7 heteroatoms. The number of hydrogen-bond donors (Lipinski definition) is 1. The molecule has 0 spiro atoms. The Morgan fingerprint density at radius 3 is 2.64 bits per heavy atom. The van der Waals surface area contributed by atoms with Crippen LogP contribution in [0.25, 0.3) is 0 Å². The fourth-order valence-electron chi connectivity index (χ4n) is 1.58. The van der Waals surface area contributed by atoms with Gasteiger partial charge in [-0.05, 0) is 27.6 Å². The number of nitrogens with zero attached hydrogens (tertiary/aromatic N) is 2. The number of halogens is 3. The van der Waals surface area contributed by atoms with Crippen LogP contribution in [-0.2, 0) is 5.75 Å². The van der Waals surface area contributed by atoms with Crippen molar-refractivity contribution in [2.75, 3.05) is 0 Å². The molecular formula is C15H12BrF2N3S. The Balaban J connectivity index is 1.99. The molecule has 0 aromatic heterocycles. The molecule has 0 aliphatic heterocycles. The molecule has 2 N–H and O–H groups in total. The van der Waals surface area contributed by atoms with E-state index in [4.69, 9.17) is 5.73 Å². The molecule has 0 saturated carbocycles. The van der Waals surface area contributed by atoms with Gasteiger partial charge in [-0.2, -0.15) is 5.10 Å². The van der Waals surface area contributed by atoms with Crippen molar-refractivity contribution in [2.24, 2.45) is 15.9 Å². The molecule has 2 aromatic carbocycles. The van der Waals surface area contributed by atoms with Crippen LogP contribution < -0.4 is 5.73 Å². The quantitative estimate of drug-likeness (QED) is 0.485. The van der Waals surface area contributed by atoms with Crippen LogP contribution in [0.1, 0.15) is 11.1 Å². The molecular weight excluding hydrogens is 372 g/mol. The third-order valence-corrected chi connectivity index (χ3v) is 4.13. The Bertz CT molecular complexity index is 682. The molecule has 2 rings (SSSR count). The lowest BCUT2D eigenvalue weighted by Gasteiger charge is -2.00. The minimum atomic E-state index is -0.721. The summed E-state index contributed by atoms with van der Waals surface area (Å²) in [5.41, 5.74) is 6.95. The van der Waals surface area contributed by atoms with E-state index in [0.717, 1.165) is 17.7 Å². The summed E-state index contributed by atoms with van der Waals surface area (Å²) < 4.78 is 26.8. The Hall–Kier alpha value is -1.73. The molecule has 0 aliphatic carbocycles. The maximum atomic E-state index is 13.6. The van der Waals surface area contributed by atoms with E-state index in [2.05, 4.69) is 26.1 Å². The summed E-state index contributed by atoms with van der Waals surface area (Å²) in [7, 11) is 0. The number of nitrogens with two attached hydrogens (primary N) is 1. The largest absolute Gasteiger partial charge is 0.377 e. The fraction of sp³-hybridized carbons (Fsp3) is 0.0667. The molecule has 0 bridgehead atoms. The van der Waals surface area contributed by atoms with Crippen LogP contribution in [0.15, 0.2) is 57.1 Å². The van der Waals surface area contributed by atoms with Gasteiger partial charge in [-0.1, -0.05) is 42.1 Å². The van der Waals surface area contributed by atoms with Gasteiger partial charge in [0.25, 0.3) is 0 Å². The number of amidine groups is 1. The topological polar surface area (TPSA) is 50.7 Å². The van der Waals surface area contributed by atoms with Gasteiger partial charge in [0.05, 0.1) is 6.21 Å². The maximum Gasteiger partial charge on any atom is 0.180 e. The molecule has 22 heavy (non-hydrogen) atoms. The number of thioether (sulfide) groups is 1. The van der Waals surface area contributed by atoms with Gasteiger partial charge in [0, 0.05) is 21.9 Å². The predicted molar refractivity (Wildman–Crippen MR) is 91.0 cm³/mol. The third-order valence-electron chi connectivity index (χ3n) is 2.62. The zero-order chi connectivity index (χ0) is 15.9. The second-order valence-corrected chi connectivity index (χ2v) is 6.09. The van der Waals surface area contributed by atoms with Crippen molar-refractivity contribution >= 4 is 39.1 Å². The lowest BCUT2D eigenvalue weighted by Crippen LogP contribution is -2.06. The van der Waals surface area contributed by atoms with Gasteiger partial charge < -0.3 is 5.73 Å². The zero-order valence-electron chi connectivity index (χ0n) is 11.3. The Labute approximate surface area is 139 Å². The Morgan fingerprint density at radius 1 is 1.23 bits per heavy atom. The normalized spacial score (nSPS) is 12.0. The standard InChI is InChI=1S/C15H12BrF2N3S/c16-13-6-11(17)7-14(18)12(13)8-20-21-15(19)22-9-10-4-2-1-3-5-10/h1-8H,9H2,(H2,19,21). The average Bonchev–Trinajstić information content (AvgIpc) is 2.49. The minimum absolute atomic E-state index is 0.117. The number of benzene rings is 2. The molecule has 0 aliphatic rings. The van der Waals surface area contributed by atoms with E-state index >= 15 is 0 Å². The van der Waals surface area contributed by atoms with Crippen LogP contribution in [0.3, 0.4) is 0 Å². The smallest absolute Gasteiger partial charge is 0.180 e. The van der Waals surface area contributed by atoms with Gasteiger partial charge in [-0.15, -0.1) is 5.10 Å². The second-order valence-electron chi connectivity index (χ2n) is 4.24. The minimum Gasteiger partial charge on any atom is -0.377 e. The molecule has 0 radical (unpaired) electrons. The van der Waals surface area contributed by atoms with Crippen LogP contribution in [0.5, 0.6) is 0 Å². The number of hydrogen-bond acceptors (Lipinski definition) is 3. The van der Waals surface area contributed by atoms with Crippen LogP contribution in [0.2, 0.25) is 0 Å². The van der Waals surface area contributed by atoms with Gasteiger partial charge in [0.1, 0.15) is 11.6 Å². The van der Waals surface area contributed by atoms with Crippen molar-refractivity contribution in [1.82, 2.24) is 0 Å². The molecule has 0 saturated heterocycles. The maximum absolute atomic E-state index is 13.6. The molecule has 0 amide bonds. The van der Waals surface area contributed by atoms with Gasteiger partial charge >= 0.3 is 0 Å². The lowest BCUT2D eigenvalue weighted by molar-refractivity contribution is 0.580. The molecule has 0 heterocycles. The van der Waals surface area contributed by atoms with Crippen molar-refractivity contribution in [2.45, 2.75) is 5.75 Å².